The number of likely N-dealkylation sites (N-methyl/N-ethyl adjacent to an activating group) is 1. The summed E-state index contributed by atoms with van der Waals surface area (Å²) >= 11 is 0. The lowest BCUT2D eigenvalue weighted by molar-refractivity contribution is -0.135. The summed E-state index contributed by atoms with van der Waals surface area (Å²) in [6.45, 7) is 6.90. The third-order valence-electron chi connectivity index (χ3n) is 5.16. The predicted octanol–water partition coefficient (Wildman–Crippen LogP) is 3.18. The van der Waals surface area contributed by atoms with Gasteiger partial charge in [0.25, 0.3) is 0 Å². The fourth-order valence-electron chi connectivity index (χ4n) is 3.67. The largest absolute Gasteiger partial charge is 0.444 e. The Balaban J connectivity index is 1.53. The number of carbonyl (C=O) groups excluding carboxylic acids is 2. The van der Waals surface area contributed by atoms with Gasteiger partial charge in [-0.2, -0.15) is 0 Å². The average molecular weight is 344 g/mol. The number of piperidine rings is 1. The van der Waals surface area contributed by atoms with Crippen molar-refractivity contribution in [2.75, 3.05) is 20.1 Å². The number of carbonyl (C=O) groups is 2. The van der Waals surface area contributed by atoms with Crippen LogP contribution < -0.4 is 0 Å². The fraction of sp³-hybridized carbons (Fsp3) is 0.600. The molecule has 25 heavy (non-hydrogen) atoms. The summed E-state index contributed by atoms with van der Waals surface area (Å²) in [4.78, 5) is 28.6. The highest BCUT2D eigenvalue weighted by atomic mass is 16.6. The summed E-state index contributed by atoms with van der Waals surface area (Å²) in [5, 5.41) is 0. The quantitative estimate of drug-likeness (QED) is 0.828. The van der Waals surface area contributed by atoms with Gasteiger partial charge in [0.2, 0.25) is 5.91 Å². The molecule has 0 saturated carbocycles. The van der Waals surface area contributed by atoms with Crippen LogP contribution in [0.15, 0.2) is 24.3 Å². The molecule has 0 bridgehead atoms. The number of rotatable bonds is 2. The van der Waals surface area contributed by atoms with E-state index in [1.54, 1.807) is 4.90 Å². The van der Waals surface area contributed by atoms with E-state index < -0.39 is 5.60 Å². The van der Waals surface area contributed by atoms with E-state index in [0.29, 0.717) is 13.1 Å². The summed E-state index contributed by atoms with van der Waals surface area (Å²) in [5.74, 6) is 0.208. The van der Waals surface area contributed by atoms with Crippen LogP contribution in [0, 0.1) is 0 Å². The van der Waals surface area contributed by atoms with E-state index >= 15 is 0 Å². The number of hydrogen-bond donors (Lipinski definition) is 0. The minimum absolute atomic E-state index is 0.00471. The molecule has 2 aliphatic rings. The second-order valence-corrected chi connectivity index (χ2v) is 8.10. The number of benzene rings is 1. The molecule has 136 valence electrons. The summed E-state index contributed by atoms with van der Waals surface area (Å²) in [6.07, 6.45) is 2.19. The molecule has 1 atom stereocenters. The van der Waals surface area contributed by atoms with Gasteiger partial charge in [0.15, 0.2) is 0 Å². The molecule has 1 aliphatic heterocycles. The van der Waals surface area contributed by atoms with Gasteiger partial charge in [-0.05, 0) is 51.2 Å². The number of nitrogens with zero attached hydrogens (tertiary/aromatic N) is 2. The van der Waals surface area contributed by atoms with Crippen molar-refractivity contribution in [3.05, 3.63) is 35.4 Å². The second-order valence-electron chi connectivity index (χ2n) is 8.10. The van der Waals surface area contributed by atoms with Gasteiger partial charge in [0.05, 0.1) is 5.92 Å². The van der Waals surface area contributed by atoms with Crippen LogP contribution in [0.5, 0.6) is 0 Å². The van der Waals surface area contributed by atoms with Gasteiger partial charge in [-0.25, -0.2) is 4.79 Å². The van der Waals surface area contributed by atoms with Crippen LogP contribution in [0.25, 0.3) is 0 Å². The van der Waals surface area contributed by atoms with E-state index in [0.717, 1.165) is 19.3 Å². The van der Waals surface area contributed by atoms with Crippen molar-refractivity contribution in [3.63, 3.8) is 0 Å². The van der Waals surface area contributed by atoms with Crippen LogP contribution in [-0.2, 0) is 16.0 Å². The molecule has 1 heterocycles. The average Bonchev–Trinajstić information content (AvgIpc) is 2.53. The van der Waals surface area contributed by atoms with E-state index in [1.807, 2.05) is 44.9 Å². The minimum Gasteiger partial charge on any atom is -0.444 e. The Labute approximate surface area is 149 Å². The maximum atomic E-state index is 12.8. The third-order valence-corrected chi connectivity index (χ3v) is 5.16. The Hall–Kier alpha value is -2.04. The molecule has 0 N–H and O–H groups in total. The highest BCUT2D eigenvalue weighted by molar-refractivity contribution is 5.87. The first-order valence-corrected chi connectivity index (χ1v) is 9.08. The normalized spacial score (nSPS) is 20.5. The highest BCUT2D eigenvalue weighted by Crippen LogP contribution is 2.36. The predicted molar refractivity (Wildman–Crippen MR) is 96.5 cm³/mol. The molecule has 3 rings (SSSR count). The molecular weight excluding hydrogens is 316 g/mol. The summed E-state index contributed by atoms with van der Waals surface area (Å²) in [7, 11) is 1.90. The molecule has 1 aromatic rings. The molecule has 1 fully saturated rings. The van der Waals surface area contributed by atoms with E-state index in [2.05, 4.69) is 12.1 Å². The van der Waals surface area contributed by atoms with E-state index in [4.69, 9.17) is 4.74 Å². The molecule has 5 nitrogen and oxygen atoms in total. The molecule has 1 saturated heterocycles. The lowest BCUT2D eigenvalue weighted by Gasteiger charge is -2.40. The Bertz CT molecular complexity index is 657. The topological polar surface area (TPSA) is 49.9 Å². The van der Waals surface area contributed by atoms with Crippen molar-refractivity contribution in [2.45, 2.75) is 57.6 Å². The first-order valence-electron chi connectivity index (χ1n) is 9.08. The zero-order valence-electron chi connectivity index (χ0n) is 15.6. The standard InChI is InChI=1S/C20H28N2O3/c1-20(2,3)25-19(24)22-11-9-15(10-12-22)21(4)18(23)17-13-14-7-5-6-8-16(14)17/h5-8,15,17H,9-13H2,1-4H3/t17-/m1/s1. The van der Waals surface area contributed by atoms with Crippen LogP contribution in [0.1, 0.15) is 50.7 Å². The van der Waals surface area contributed by atoms with Crippen molar-refractivity contribution in [1.29, 1.82) is 0 Å². The summed E-state index contributed by atoms with van der Waals surface area (Å²) in [6, 6.07) is 8.37. The lowest BCUT2D eigenvalue weighted by atomic mass is 9.76. The Kier molecular flexibility index (Phi) is 4.76. The van der Waals surface area contributed by atoms with Gasteiger partial charge < -0.3 is 14.5 Å². The van der Waals surface area contributed by atoms with Gasteiger partial charge in [-0.1, -0.05) is 24.3 Å². The zero-order chi connectivity index (χ0) is 18.2. The number of likely N-dealkylation sites (tertiary alicyclic amines) is 1. The molecule has 0 unspecified atom stereocenters. The molecule has 2 amide bonds. The molecule has 0 spiro atoms. The number of amides is 2. The molecule has 0 aromatic heterocycles. The third kappa shape index (κ3) is 3.80. The molecule has 1 aliphatic carbocycles. The zero-order valence-corrected chi connectivity index (χ0v) is 15.6. The number of fused-ring (bicyclic) bond motifs is 1. The SMILES string of the molecule is CN(C(=O)[C@@H]1Cc2ccccc21)C1CCN(C(=O)OC(C)(C)C)CC1. The number of ether oxygens (including phenoxy) is 1. The Morgan fingerprint density at radius 2 is 1.80 bits per heavy atom. The molecule has 0 radical (unpaired) electrons. The van der Waals surface area contributed by atoms with Crippen molar-refractivity contribution >= 4 is 12.0 Å². The smallest absolute Gasteiger partial charge is 0.410 e. The van der Waals surface area contributed by atoms with E-state index in [9.17, 15) is 9.59 Å². The van der Waals surface area contributed by atoms with Crippen LogP contribution in [0.3, 0.4) is 0 Å². The van der Waals surface area contributed by atoms with Crippen LogP contribution >= 0.6 is 0 Å². The molecule has 5 heteroatoms. The minimum atomic E-state index is -0.474. The van der Waals surface area contributed by atoms with Gasteiger partial charge in [-0.15, -0.1) is 0 Å². The Morgan fingerprint density at radius 1 is 1.16 bits per heavy atom. The van der Waals surface area contributed by atoms with E-state index in [1.165, 1.54) is 11.1 Å². The maximum Gasteiger partial charge on any atom is 0.410 e. The second kappa shape index (κ2) is 6.70. The lowest BCUT2D eigenvalue weighted by Crippen LogP contribution is -2.50. The maximum absolute atomic E-state index is 12.8. The molecular formula is C20H28N2O3. The van der Waals surface area contributed by atoms with Crippen LogP contribution in [0.4, 0.5) is 4.79 Å². The monoisotopic (exact) mass is 344 g/mol. The highest BCUT2D eigenvalue weighted by Gasteiger charge is 2.37. The van der Waals surface area contributed by atoms with Crippen LogP contribution in [0.2, 0.25) is 0 Å². The first-order chi connectivity index (χ1) is 11.8. The first kappa shape index (κ1) is 17.8. The van der Waals surface area contributed by atoms with Gasteiger partial charge in [0, 0.05) is 26.2 Å². The van der Waals surface area contributed by atoms with Gasteiger partial charge in [-0.3, -0.25) is 4.79 Å². The molecule has 1 aromatic carbocycles. The van der Waals surface area contributed by atoms with E-state index in [-0.39, 0.29) is 24.0 Å². The summed E-state index contributed by atoms with van der Waals surface area (Å²) in [5.41, 5.74) is 1.98. The van der Waals surface area contributed by atoms with Crippen molar-refractivity contribution in [3.8, 4) is 0 Å². The van der Waals surface area contributed by atoms with Crippen molar-refractivity contribution in [2.24, 2.45) is 0 Å². The van der Waals surface area contributed by atoms with Gasteiger partial charge in [0.1, 0.15) is 5.60 Å². The van der Waals surface area contributed by atoms with Crippen LogP contribution in [-0.4, -0.2) is 53.6 Å². The summed E-state index contributed by atoms with van der Waals surface area (Å²) < 4.78 is 5.43. The van der Waals surface area contributed by atoms with Gasteiger partial charge >= 0.3 is 6.09 Å². The Morgan fingerprint density at radius 3 is 2.40 bits per heavy atom. The fourth-order valence-corrected chi connectivity index (χ4v) is 3.67. The van der Waals surface area contributed by atoms with Crippen molar-refractivity contribution < 1.29 is 14.3 Å². The van der Waals surface area contributed by atoms with Crippen molar-refractivity contribution in [1.82, 2.24) is 9.80 Å². The number of hydrogen-bond acceptors (Lipinski definition) is 3.